The largest absolute Gasteiger partial charge is 0.481 e. The van der Waals surface area contributed by atoms with E-state index < -0.39 is 5.97 Å². The molecule has 1 aliphatic heterocycles. The molecule has 0 bridgehead atoms. The Kier molecular flexibility index (Phi) is 5.23. The fourth-order valence-electron chi connectivity index (χ4n) is 2.77. The van der Waals surface area contributed by atoms with Crippen molar-refractivity contribution in [3.05, 3.63) is 0 Å². The zero-order chi connectivity index (χ0) is 14.5. The number of carbonyl (C=O) groups excluding carboxylic acids is 1. The van der Waals surface area contributed by atoms with Crippen LogP contribution >= 0.6 is 0 Å². The van der Waals surface area contributed by atoms with Gasteiger partial charge in [-0.25, -0.2) is 4.79 Å². The summed E-state index contributed by atoms with van der Waals surface area (Å²) >= 11 is 0. The number of rotatable bonds is 6. The standard InChI is InChI=1S/C14H24N2O4/c1-2-20-11-4-3-7-16(9-11)14(19)15-12(8-13(17)18)10-5-6-10/h10-12H,2-9H2,1H3,(H,15,19)(H,17,18). The maximum Gasteiger partial charge on any atom is 0.317 e. The highest BCUT2D eigenvalue weighted by atomic mass is 16.5. The van der Waals surface area contributed by atoms with Gasteiger partial charge in [0.1, 0.15) is 0 Å². The van der Waals surface area contributed by atoms with E-state index in [0.29, 0.717) is 19.1 Å². The average Bonchev–Trinajstić information content (AvgIpc) is 3.22. The van der Waals surface area contributed by atoms with Crippen LogP contribution in [-0.4, -0.2) is 53.8 Å². The van der Waals surface area contributed by atoms with Crippen LogP contribution in [0, 0.1) is 5.92 Å². The van der Waals surface area contributed by atoms with E-state index >= 15 is 0 Å². The van der Waals surface area contributed by atoms with Crippen LogP contribution in [0.4, 0.5) is 4.79 Å². The summed E-state index contributed by atoms with van der Waals surface area (Å²) in [6.45, 7) is 3.93. The molecule has 6 nitrogen and oxygen atoms in total. The van der Waals surface area contributed by atoms with Crippen LogP contribution in [0.1, 0.15) is 39.0 Å². The molecular formula is C14H24N2O4. The van der Waals surface area contributed by atoms with Crippen molar-refractivity contribution in [3.63, 3.8) is 0 Å². The van der Waals surface area contributed by atoms with Gasteiger partial charge in [-0.3, -0.25) is 4.79 Å². The Balaban J connectivity index is 1.84. The van der Waals surface area contributed by atoms with Gasteiger partial charge in [-0.05, 0) is 38.5 Å². The third-order valence-corrected chi connectivity index (χ3v) is 3.96. The van der Waals surface area contributed by atoms with E-state index in [1.165, 1.54) is 0 Å². The van der Waals surface area contributed by atoms with Crippen LogP contribution in [0.25, 0.3) is 0 Å². The molecule has 2 N–H and O–H groups in total. The fourth-order valence-corrected chi connectivity index (χ4v) is 2.77. The highest BCUT2D eigenvalue weighted by Gasteiger charge is 2.35. The van der Waals surface area contributed by atoms with Gasteiger partial charge in [-0.15, -0.1) is 0 Å². The molecular weight excluding hydrogens is 260 g/mol. The Morgan fingerprint density at radius 1 is 1.40 bits per heavy atom. The van der Waals surface area contributed by atoms with Crippen LogP contribution in [0.2, 0.25) is 0 Å². The van der Waals surface area contributed by atoms with Crippen molar-refractivity contribution in [2.75, 3.05) is 19.7 Å². The first kappa shape index (κ1) is 15.1. The number of ether oxygens (including phenoxy) is 1. The lowest BCUT2D eigenvalue weighted by Crippen LogP contribution is -2.51. The van der Waals surface area contributed by atoms with Gasteiger partial charge in [0.15, 0.2) is 0 Å². The summed E-state index contributed by atoms with van der Waals surface area (Å²) in [5.74, 6) is -0.518. The molecule has 2 amide bonds. The van der Waals surface area contributed by atoms with E-state index in [1.807, 2.05) is 6.92 Å². The van der Waals surface area contributed by atoms with E-state index in [0.717, 1.165) is 32.2 Å². The fraction of sp³-hybridized carbons (Fsp3) is 0.857. The van der Waals surface area contributed by atoms with Gasteiger partial charge in [-0.1, -0.05) is 0 Å². The monoisotopic (exact) mass is 284 g/mol. The number of carboxylic acids is 1. The summed E-state index contributed by atoms with van der Waals surface area (Å²) in [5, 5.41) is 11.8. The lowest BCUT2D eigenvalue weighted by atomic mass is 10.1. The molecule has 1 aliphatic carbocycles. The average molecular weight is 284 g/mol. The first-order chi connectivity index (χ1) is 9.60. The first-order valence-electron chi connectivity index (χ1n) is 7.49. The molecule has 2 fully saturated rings. The number of carbonyl (C=O) groups is 2. The zero-order valence-corrected chi connectivity index (χ0v) is 12.0. The predicted molar refractivity (Wildman–Crippen MR) is 73.5 cm³/mol. The molecule has 114 valence electrons. The Labute approximate surface area is 119 Å². The van der Waals surface area contributed by atoms with E-state index in [2.05, 4.69) is 5.32 Å². The minimum atomic E-state index is -0.854. The third kappa shape index (κ3) is 4.37. The number of likely N-dealkylation sites (tertiary alicyclic amines) is 1. The Morgan fingerprint density at radius 3 is 2.75 bits per heavy atom. The van der Waals surface area contributed by atoms with E-state index in [4.69, 9.17) is 9.84 Å². The predicted octanol–water partition coefficient (Wildman–Crippen LogP) is 1.45. The van der Waals surface area contributed by atoms with Crippen LogP contribution in [0.5, 0.6) is 0 Å². The lowest BCUT2D eigenvalue weighted by molar-refractivity contribution is -0.137. The molecule has 20 heavy (non-hydrogen) atoms. The number of aliphatic carboxylic acids is 1. The van der Waals surface area contributed by atoms with E-state index in [1.54, 1.807) is 4.90 Å². The summed E-state index contributed by atoms with van der Waals surface area (Å²) in [6, 6.07) is -0.375. The second-order valence-electron chi connectivity index (χ2n) is 5.66. The van der Waals surface area contributed by atoms with Gasteiger partial charge in [-0.2, -0.15) is 0 Å². The molecule has 2 atom stereocenters. The summed E-state index contributed by atoms with van der Waals surface area (Å²) in [4.78, 5) is 24.8. The highest BCUT2D eigenvalue weighted by molar-refractivity contribution is 5.76. The van der Waals surface area contributed by atoms with Gasteiger partial charge < -0.3 is 20.1 Å². The van der Waals surface area contributed by atoms with Crippen molar-refractivity contribution >= 4 is 12.0 Å². The van der Waals surface area contributed by atoms with Crippen molar-refractivity contribution in [1.29, 1.82) is 0 Å². The van der Waals surface area contributed by atoms with Gasteiger partial charge >= 0.3 is 12.0 Å². The normalized spacial score (nSPS) is 24.2. The Morgan fingerprint density at radius 2 is 2.15 bits per heavy atom. The van der Waals surface area contributed by atoms with Gasteiger partial charge in [0.2, 0.25) is 0 Å². The van der Waals surface area contributed by atoms with Crippen molar-refractivity contribution in [2.24, 2.45) is 5.92 Å². The second kappa shape index (κ2) is 6.92. The number of piperidine rings is 1. The molecule has 1 saturated carbocycles. The first-order valence-corrected chi connectivity index (χ1v) is 7.49. The summed E-state index contributed by atoms with van der Waals surface area (Å²) in [6.07, 6.45) is 4.07. The molecule has 2 rings (SSSR count). The Hall–Kier alpha value is -1.30. The summed E-state index contributed by atoms with van der Waals surface area (Å²) < 4.78 is 5.58. The third-order valence-electron chi connectivity index (χ3n) is 3.96. The molecule has 2 unspecified atom stereocenters. The number of hydrogen-bond donors (Lipinski definition) is 2. The molecule has 0 aromatic heterocycles. The number of urea groups is 1. The highest BCUT2D eigenvalue weighted by Crippen LogP contribution is 2.34. The Bertz CT molecular complexity index is 355. The van der Waals surface area contributed by atoms with Crippen LogP contribution in [0.15, 0.2) is 0 Å². The molecule has 0 aromatic rings. The summed E-state index contributed by atoms with van der Waals surface area (Å²) in [5.41, 5.74) is 0. The van der Waals surface area contributed by atoms with Crippen molar-refractivity contribution < 1.29 is 19.4 Å². The topological polar surface area (TPSA) is 78.9 Å². The minimum absolute atomic E-state index is 0.0130. The SMILES string of the molecule is CCOC1CCCN(C(=O)NC(CC(=O)O)C2CC2)C1. The van der Waals surface area contributed by atoms with Gasteiger partial charge in [0.05, 0.1) is 12.5 Å². The lowest BCUT2D eigenvalue weighted by Gasteiger charge is -2.33. The molecule has 6 heteroatoms. The molecule has 0 aromatic carbocycles. The van der Waals surface area contributed by atoms with Crippen molar-refractivity contribution in [3.8, 4) is 0 Å². The van der Waals surface area contributed by atoms with E-state index in [9.17, 15) is 9.59 Å². The van der Waals surface area contributed by atoms with E-state index in [-0.39, 0.29) is 24.6 Å². The smallest absolute Gasteiger partial charge is 0.317 e. The molecule has 0 radical (unpaired) electrons. The zero-order valence-electron chi connectivity index (χ0n) is 12.0. The van der Waals surface area contributed by atoms with Crippen molar-refractivity contribution in [2.45, 2.75) is 51.2 Å². The van der Waals surface area contributed by atoms with Gasteiger partial charge in [0, 0.05) is 25.7 Å². The quantitative estimate of drug-likeness (QED) is 0.774. The van der Waals surface area contributed by atoms with Crippen LogP contribution < -0.4 is 5.32 Å². The second-order valence-corrected chi connectivity index (χ2v) is 5.66. The minimum Gasteiger partial charge on any atom is -0.481 e. The maximum atomic E-state index is 12.2. The van der Waals surface area contributed by atoms with Gasteiger partial charge in [0.25, 0.3) is 0 Å². The maximum absolute atomic E-state index is 12.2. The van der Waals surface area contributed by atoms with Crippen LogP contribution in [-0.2, 0) is 9.53 Å². The number of carboxylic acid groups (broad SMARTS) is 1. The van der Waals surface area contributed by atoms with Crippen LogP contribution in [0.3, 0.4) is 0 Å². The summed E-state index contributed by atoms with van der Waals surface area (Å²) in [7, 11) is 0. The number of hydrogen-bond acceptors (Lipinski definition) is 3. The molecule has 1 saturated heterocycles. The number of amides is 2. The molecule has 0 spiro atoms. The number of nitrogens with zero attached hydrogens (tertiary/aromatic N) is 1. The molecule has 2 aliphatic rings. The van der Waals surface area contributed by atoms with Crippen molar-refractivity contribution in [1.82, 2.24) is 10.2 Å². The molecule has 1 heterocycles. The number of nitrogens with one attached hydrogen (secondary N) is 1.